The second kappa shape index (κ2) is 6.38. The van der Waals surface area contributed by atoms with Crippen LogP contribution in [0.15, 0.2) is 4.99 Å². The third-order valence-corrected chi connectivity index (χ3v) is 4.51. The van der Waals surface area contributed by atoms with E-state index >= 15 is 0 Å². The van der Waals surface area contributed by atoms with Gasteiger partial charge in [0.15, 0.2) is 5.96 Å². The molecule has 6 nitrogen and oxygen atoms in total. The molecule has 0 aliphatic carbocycles. The zero-order chi connectivity index (χ0) is 13.8. The zero-order valence-corrected chi connectivity index (χ0v) is 12.2. The van der Waals surface area contributed by atoms with E-state index in [1.54, 1.807) is 0 Å². The van der Waals surface area contributed by atoms with E-state index in [2.05, 4.69) is 17.2 Å². The summed E-state index contributed by atoms with van der Waals surface area (Å²) in [4.78, 5) is 4.27. The Hall–Kier alpha value is -0.820. The van der Waals surface area contributed by atoms with Gasteiger partial charge in [-0.15, -0.1) is 0 Å². The largest absolute Gasteiger partial charge is 0.370 e. The van der Waals surface area contributed by atoms with E-state index in [4.69, 9.17) is 5.73 Å². The fraction of sp³-hybridized carbons (Fsp3) is 0.909. The lowest BCUT2D eigenvalue weighted by Crippen LogP contribution is -2.38. The number of hydrogen-bond donors (Lipinski definition) is 2. The Labute approximate surface area is 110 Å². The molecule has 7 heteroatoms. The Morgan fingerprint density at radius 2 is 2.28 bits per heavy atom. The molecule has 1 aliphatic heterocycles. The average Bonchev–Trinajstić information content (AvgIpc) is 2.74. The second-order valence-electron chi connectivity index (χ2n) is 4.96. The molecule has 0 bridgehead atoms. The first-order valence-electron chi connectivity index (χ1n) is 6.34. The van der Waals surface area contributed by atoms with Crippen molar-refractivity contribution in [2.75, 3.05) is 25.9 Å². The Morgan fingerprint density at radius 1 is 1.61 bits per heavy atom. The van der Waals surface area contributed by atoms with Crippen molar-refractivity contribution in [1.82, 2.24) is 9.62 Å². The van der Waals surface area contributed by atoms with E-state index in [1.165, 1.54) is 10.6 Å². The first-order valence-corrected chi connectivity index (χ1v) is 8.19. The van der Waals surface area contributed by atoms with Crippen molar-refractivity contribution >= 4 is 16.0 Å². The molecule has 1 rings (SSSR count). The van der Waals surface area contributed by atoms with Gasteiger partial charge in [0.2, 0.25) is 10.0 Å². The molecule has 1 fully saturated rings. The molecule has 3 N–H and O–H groups in total. The summed E-state index contributed by atoms with van der Waals surface area (Å²) in [5.74, 6) is 0.721. The van der Waals surface area contributed by atoms with Crippen molar-refractivity contribution in [3.8, 4) is 0 Å². The summed E-state index contributed by atoms with van der Waals surface area (Å²) in [6, 6.07) is 0.310. The lowest BCUT2D eigenvalue weighted by Gasteiger charge is -2.14. The number of rotatable bonds is 5. The van der Waals surface area contributed by atoms with Crippen LogP contribution in [0.4, 0.5) is 0 Å². The highest BCUT2D eigenvalue weighted by Gasteiger charge is 2.28. The molecular formula is C11H24N4O2S. The number of aliphatic imine (C=N–C) groups is 1. The van der Waals surface area contributed by atoms with Crippen LogP contribution in [0.1, 0.15) is 26.7 Å². The van der Waals surface area contributed by atoms with Crippen LogP contribution in [0.5, 0.6) is 0 Å². The van der Waals surface area contributed by atoms with Crippen LogP contribution in [0, 0.1) is 5.92 Å². The van der Waals surface area contributed by atoms with Gasteiger partial charge in [0.25, 0.3) is 0 Å². The maximum atomic E-state index is 11.4. The maximum absolute atomic E-state index is 11.4. The van der Waals surface area contributed by atoms with Crippen molar-refractivity contribution in [2.45, 2.75) is 32.7 Å². The summed E-state index contributed by atoms with van der Waals surface area (Å²) >= 11 is 0. The van der Waals surface area contributed by atoms with Crippen LogP contribution in [0.3, 0.4) is 0 Å². The van der Waals surface area contributed by atoms with Gasteiger partial charge in [0, 0.05) is 25.7 Å². The number of guanidine groups is 1. The molecular weight excluding hydrogens is 252 g/mol. The molecule has 0 aromatic heterocycles. The molecule has 0 aromatic rings. The van der Waals surface area contributed by atoms with Crippen LogP contribution in [0.2, 0.25) is 0 Å². The number of hydrogen-bond acceptors (Lipinski definition) is 3. The zero-order valence-electron chi connectivity index (χ0n) is 11.4. The Kier molecular flexibility index (Phi) is 5.40. The van der Waals surface area contributed by atoms with Gasteiger partial charge >= 0.3 is 0 Å². The van der Waals surface area contributed by atoms with Crippen LogP contribution in [-0.2, 0) is 10.0 Å². The van der Waals surface area contributed by atoms with E-state index in [-0.39, 0.29) is 5.92 Å². The summed E-state index contributed by atoms with van der Waals surface area (Å²) in [5.41, 5.74) is 5.76. The predicted molar refractivity (Wildman–Crippen MR) is 73.9 cm³/mol. The molecule has 0 spiro atoms. The van der Waals surface area contributed by atoms with Gasteiger partial charge in [-0.25, -0.2) is 12.7 Å². The molecule has 0 saturated carbocycles. The molecule has 0 aromatic carbocycles. The summed E-state index contributed by atoms with van der Waals surface area (Å²) in [6.45, 7) is 5.85. The van der Waals surface area contributed by atoms with Gasteiger partial charge in [0.05, 0.1) is 6.26 Å². The summed E-state index contributed by atoms with van der Waals surface area (Å²) in [6.07, 6.45) is 3.09. The lowest BCUT2D eigenvalue weighted by atomic mass is 10.1. The number of sulfonamides is 1. The standard InChI is InChI=1S/C11H24N4O2S/c1-4-9(2)14-11(12)13-7-10-5-6-15(8-10)18(3,16)17/h9-10H,4-8H2,1-3H3,(H3,12,13,14). The van der Waals surface area contributed by atoms with Crippen molar-refractivity contribution in [2.24, 2.45) is 16.6 Å². The maximum Gasteiger partial charge on any atom is 0.211 e. The second-order valence-corrected chi connectivity index (χ2v) is 6.94. The molecule has 0 amide bonds. The lowest BCUT2D eigenvalue weighted by molar-refractivity contribution is 0.464. The smallest absolute Gasteiger partial charge is 0.211 e. The van der Waals surface area contributed by atoms with Crippen LogP contribution in [0.25, 0.3) is 0 Å². The van der Waals surface area contributed by atoms with E-state index in [0.29, 0.717) is 31.6 Å². The minimum Gasteiger partial charge on any atom is -0.370 e. The first kappa shape index (κ1) is 15.2. The van der Waals surface area contributed by atoms with Gasteiger partial charge in [-0.3, -0.25) is 4.99 Å². The van der Waals surface area contributed by atoms with E-state index < -0.39 is 10.0 Å². The number of nitrogens with one attached hydrogen (secondary N) is 1. The van der Waals surface area contributed by atoms with Crippen LogP contribution < -0.4 is 11.1 Å². The van der Waals surface area contributed by atoms with Crippen molar-refractivity contribution in [3.63, 3.8) is 0 Å². The highest BCUT2D eigenvalue weighted by molar-refractivity contribution is 7.88. The molecule has 0 radical (unpaired) electrons. The third-order valence-electron chi connectivity index (χ3n) is 3.24. The van der Waals surface area contributed by atoms with Gasteiger partial charge < -0.3 is 11.1 Å². The number of nitrogens with zero attached hydrogens (tertiary/aromatic N) is 2. The van der Waals surface area contributed by atoms with Gasteiger partial charge in [-0.05, 0) is 25.7 Å². The van der Waals surface area contributed by atoms with Crippen LogP contribution >= 0.6 is 0 Å². The van der Waals surface area contributed by atoms with E-state index in [0.717, 1.165) is 12.8 Å². The Morgan fingerprint density at radius 3 is 2.78 bits per heavy atom. The minimum absolute atomic E-state index is 0.275. The third kappa shape index (κ3) is 4.81. The number of nitrogens with two attached hydrogens (primary N) is 1. The molecule has 2 unspecified atom stereocenters. The average molecular weight is 276 g/mol. The summed E-state index contributed by atoms with van der Waals surface area (Å²) < 4.78 is 24.2. The fourth-order valence-corrected chi connectivity index (χ4v) is 2.79. The first-order chi connectivity index (χ1) is 8.32. The highest BCUT2D eigenvalue weighted by atomic mass is 32.2. The molecule has 2 atom stereocenters. The van der Waals surface area contributed by atoms with Gasteiger partial charge in [-0.1, -0.05) is 6.92 Å². The van der Waals surface area contributed by atoms with Crippen molar-refractivity contribution in [3.05, 3.63) is 0 Å². The topological polar surface area (TPSA) is 87.8 Å². The Balaban J connectivity index is 2.39. The SMILES string of the molecule is CCC(C)NC(N)=NCC1CCN(S(C)(=O)=O)C1. The monoisotopic (exact) mass is 276 g/mol. The van der Waals surface area contributed by atoms with Crippen LogP contribution in [-0.4, -0.2) is 50.6 Å². The molecule has 1 heterocycles. The van der Waals surface area contributed by atoms with Crippen molar-refractivity contribution in [1.29, 1.82) is 0 Å². The Bertz CT molecular complexity index is 394. The predicted octanol–water partition coefficient (Wildman–Crippen LogP) is -0.0293. The van der Waals surface area contributed by atoms with Crippen molar-refractivity contribution < 1.29 is 8.42 Å². The van der Waals surface area contributed by atoms with Gasteiger partial charge in [0.1, 0.15) is 0 Å². The van der Waals surface area contributed by atoms with Gasteiger partial charge in [-0.2, -0.15) is 0 Å². The minimum atomic E-state index is -3.06. The fourth-order valence-electron chi connectivity index (χ4n) is 1.87. The molecule has 1 saturated heterocycles. The van der Waals surface area contributed by atoms with E-state index in [1.807, 2.05) is 6.92 Å². The molecule has 106 valence electrons. The quantitative estimate of drug-likeness (QED) is 0.545. The molecule has 18 heavy (non-hydrogen) atoms. The summed E-state index contributed by atoms with van der Waals surface area (Å²) in [7, 11) is -3.06. The normalized spacial score (nSPS) is 24.2. The highest BCUT2D eigenvalue weighted by Crippen LogP contribution is 2.18. The molecule has 1 aliphatic rings. The summed E-state index contributed by atoms with van der Waals surface area (Å²) in [5, 5.41) is 3.09. The van der Waals surface area contributed by atoms with E-state index in [9.17, 15) is 8.42 Å².